The van der Waals surface area contributed by atoms with E-state index in [0.717, 1.165) is 6.34 Å². The molecule has 1 unspecified atom stereocenters. The monoisotopic (exact) mass is 416 g/mol. The lowest BCUT2D eigenvalue weighted by atomic mass is 10.0. The van der Waals surface area contributed by atoms with Crippen LogP contribution in [0.25, 0.3) is 0 Å². The van der Waals surface area contributed by atoms with Gasteiger partial charge in [0.2, 0.25) is 0 Å². The van der Waals surface area contributed by atoms with Gasteiger partial charge in [-0.25, -0.2) is 4.39 Å². The molecule has 29 heavy (non-hydrogen) atoms. The standard InChI is InChI=1S/C20H18ClFN4O3/c21-13-5-6-17-15(9-13)20(14-3-1-2-4-16(14)22)23-10-18(24-17)19-11-29-8-7-25(19)12-26(27)28/h1-6,9,12,19H,7-8,10-11H2,(H,27,28). The number of benzene rings is 2. The second-order valence-corrected chi connectivity index (χ2v) is 7.09. The Morgan fingerprint density at radius 2 is 2.10 bits per heavy atom. The average Bonchev–Trinajstić information content (AvgIpc) is 2.88. The van der Waals surface area contributed by atoms with Crippen molar-refractivity contribution < 1.29 is 19.2 Å². The first-order valence-corrected chi connectivity index (χ1v) is 9.41. The van der Waals surface area contributed by atoms with Gasteiger partial charge in [-0.15, -0.1) is 0 Å². The lowest BCUT2D eigenvalue weighted by Gasteiger charge is -2.29. The molecule has 9 heteroatoms. The minimum Gasteiger partial charge on any atom is -0.491 e. The molecule has 0 aromatic heterocycles. The summed E-state index contributed by atoms with van der Waals surface area (Å²) in [4.78, 5) is 10.8. The van der Waals surface area contributed by atoms with E-state index in [1.165, 1.54) is 6.07 Å². The van der Waals surface area contributed by atoms with Crippen molar-refractivity contribution in [3.63, 3.8) is 0 Å². The molecule has 2 aliphatic heterocycles. The van der Waals surface area contributed by atoms with Gasteiger partial charge in [0, 0.05) is 16.1 Å². The van der Waals surface area contributed by atoms with E-state index in [2.05, 4.69) is 4.99 Å². The van der Waals surface area contributed by atoms with Crippen molar-refractivity contribution in [2.24, 2.45) is 9.98 Å². The summed E-state index contributed by atoms with van der Waals surface area (Å²) >= 11 is 6.19. The second-order valence-electron chi connectivity index (χ2n) is 6.66. The Balaban J connectivity index is 1.81. The van der Waals surface area contributed by atoms with Crippen molar-refractivity contribution in [3.8, 4) is 0 Å². The van der Waals surface area contributed by atoms with Crippen LogP contribution < -0.4 is 0 Å². The molecule has 150 valence electrons. The Bertz CT molecular complexity index is 1020. The van der Waals surface area contributed by atoms with Gasteiger partial charge in [0.05, 0.1) is 36.9 Å². The van der Waals surface area contributed by atoms with Crippen LogP contribution in [0.2, 0.25) is 5.02 Å². The third-order valence-electron chi connectivity index (χ3n) is 4.81. The van der Waals surface area contributed by atoms with Crippen molar-refractivity contribution in [2.75, 3.05) is 26.3 Å². The molecule has 0 radical (unpaired) electrons. The van der Waals surface area contributed by atoms with Crippen LogP contribution in [-0.4, -0.2) is 65.1 Å². The lowest BCUT2D eigenvalue weighted by Crippen LogP contribution is -2.50. The van der Waals surface area contributed by atoms with Gasteiger partial charge in [-0.2, -0.15) is 0 Å². The number of nitrogens with zero attached hydrogens (tertiary/aromatic N) is 4. The van der Waals surface area contributed by atoms with Crippen LogP contribution in [0.3, 0.4) is 0 Å². The quantitative estimate of drug-likeness (QED) is 0.274. The Kier molecular flexibility index (Phi) is 5.46. The molecule has 2 heterocycles. The van der Waals surface area contributed by atoms with Crippen molar-refractivity contribution in [2.45, 2.75) is 6.04 Å². The fraction of sp³-hybridized carbons (Fsp3) is 0.250. The highest BCUT2D eigenvalue weighted by Crippen LogP contribution is 2.30. The summed E-state index contributed by atoms with van der Waals surface area (Å²) < 4.78 is 20.1. The second kappa shape index (κ2) is 8.18. The first kappa shape index (κ1) is 19.4. The third kappa shape index (κ3) is 4.08. The summed E-state index contributed by atoms with van der Waals surface area (Å²) in [5.74, 6) is -0.390. The van der Waals surface area contributed by atoms with E-state index in [1.807, 2.05) is 0 Å². The fourth-order valence-electron chi connectivity index (χ4n) is 3.46. The molecular weight excluding hydrogens is 399 g/mol. The summed E-state index contributed by atoms with van der Waals surface area (Å²) in [5, 5.41) is 20.7. The SMILES string of the molecule is [O-][N+](O)=CN1CCOCC1C1=Nc2ccc(Cl)cc2C(c2ccccc2F)=NC1. The molecule has 2 aromatic carbocycles. The summed E-state index contributed by atoms with van der Waals surface area (Å²) in [6.45, 7) is 1.31. The minimum atomic E-state index is -0.390. The molecule has 1 saturated heterocycles. The maximum absolute atomic E-state index is 14.5. The molecule has 4 rings (SSSR count). The number of halogens is 2. The van der Waals surface area contributed by atoms with E-state index in [0.29, 0.717) is 46.4 Å². The molecule has 2 aromatic rings. The van der Waals surface area contributed by atoms with Crippen LogP contribution in [-0.2, 0) is 4.74 Å². The Hall–Kier alpha value is -2.97. The van der Waals surface area contributed by atoms with Gasteiger partial charge < -0.3 is 15.2 Å². The molecule has 0 bridgehead atoms. The lowest BCUT2D eigenvalue weighted by molar-refractivity contribution is -0.725. The maximum atomic E-state index is 14.5. The fourth-order valence-corrected chi connectivity index (χ4v) is 3.64. The van der Waals surface area contributed by atoms with E-state index < -0.39 is 0 Å². The maximum Gasteiger partial charge on any atom is 0.280 e. The van der Waals surface area contributed by atoms with Gasteiger partial charge in [0.1, 0.15) is 12.4 Å². The molecule has 1 N–H and O–H groups in total. The van der Waals surface area contributed by atoms with Crippen molar-refractivity contribution >= 4 is 35.1 Å². The van der Waals surface area contributed by atoms with Gasteiger partial charge in [-0.3, -0.25) is 14.9 Å². The number of hydrogen-bond donors (Lipinski definition) is 1. The predicted molar refractivity (Wildman–Crippen MR) is 108 cm³/mol. The summed E-state index contributed by atoms with van der Waals surface area (Å²) in [5.41, 5.74) is 2.67. The molecule has 2 aliphatic rings. The molecule has 0 amide bonds. The van der Waals surface area contributed by atoms with E-state index in [-0.39, 0.29) is 29.9 Å². The van der Waals surface area contributed by atoms with Crippen molar-refractivity contribution in [1.29, 1.82) is 0 Å². The van der Waals surface area contributed by atoms with Crippen molar-refractivity contribution in [3.05, 3.63) is 69.6 Å². The normalized spacial score (nSPS) is 19.9. The van der Waals surface area contributed by atoms with Gasteiger partial charge in [0.15, 0.2) is 6.04 Å². The number of morpholine rings is 1. The van der Waals surface area contributed by atoms with Gasteiger partial charge in [-0.05, 0) is 30.3 Å². The first-order chi connectivity index (χ1) is 14.0. The predicted octanol–water partition coefficient (Wildman–Crippen LogP) is 3.03. The van der Waals surface area contributed by atoms with Crippen LogP contribution in [0.1, 0.15) is 11.1 Å². The number of aliphatic imine (C=N–C) groups is 2. The zero-order valence-corrected chi connectivity index (χ0v) is 16.1. The number of ether oxygens (including phenoxy) is 1. The topological polar surface area (TPSA) is 83.5 Å². The van der Waals surface area contributed by atoms with E-state index in [1.54, 1.807) is 41.3 Å². The van der Waals surface area contributed by atoms with Crippen LogP contribution >= 0.6 is 11.6 Å². The van der Waals surface area contributed by atoms with E-state index >= 15 is 0 Å². The molecule has 0 spiro atoms. The smallest absolute Gasteiger partial charge is 0.280 e. The van der Waals surface area contributed by atoms with Crippen LogP contribution in [0.15, 0.2) is 52.4 Å². The average molecular weight is 417 g/mol. The number of hydrogen-bond acceptors (Lipinski definition) is 5. The zero-order chi connectivity index (χ0) is 20.4. The minimum absolute atomic E-state index is 0.179. The summed E-state index contributed by atoms with van der Waals surface area (Å²) in [6.07, 6.45) is 1.06. The van der Waals surface area contributed by atoms with Gasteiger partial charge >= 0.3 is 0 Å². The molecule has 7 nitrogen and oxygen atoms in total. The molecule has 0 saturated carbocycles. The highest BCUT2D eigenvalue weighted by atomic mass is 35.5. The summed E-state index contributed by atoms with van der Waals surface area (Å²) in [6, 6.07) is 11.2. The Morgan fingerprint density at radius 1 is 1.28 bits per heavy atom. The third-order valence-corrected chi connectivity index (χ3v) is 5.04. The van der Waals surface area contributed by atoms with Crippen LogP contribution in [0.4, 0.5) is 10.1 Å². The molecule has 0 aliphatic carbocycles. The largest absolute Gasteiger partial charge is 0.491 e. The summed E-state index contributed by atoms with van der Waals surface area (Å²) in [7, 11) is 0. The van der Waals surface area contributed by atoms with Crippen molar-refractivity contribution in [1.82, 2.24) is 4.90 Å². The van der Waals surface area contributed by atoms with Crippen LogP contribution in [0.5, 0.6) is 0 Å². The van der Waals surface area contributed by atoms with Gasteiger partial charge in [0.25, 0.3) is 6.34 Å². The molecule has 1 fully saturated rings. The van der Waals surface area contributed by atoms with Crippen LogP contribution in [0, 0.1) is 11.0 Å². The zero-order valence-electron chi connectivity index (χ0n) is 15.3. The number of fused-ring (bicyclic) bond motifs is 1. The van der Waals surface area contributed by atoms with E-state index in [9.17, 15) is 9.60 Å². The molecular formula is C20H18ClFN4O3. The highest BCUT2D eigenvalue weighted by molar-refractivity contribution is 6.31. The first-order valence-electron chi connectivity index (χ1n) is 9.03. The Labute approximate surface area is 171 Å². The van der Waals surface area contributed by atoms with E-state index in [4.69, 9.17) is 26.5 Å². The molecule has 1 atom stereocenters. The highest BCUT2D eigenvalue weighted by Gasteiger charge is 2.33. The van der Waals surface area contributed by atoms with Gasteiger partial charge in [-0.1, -0.05) is 28.6 Å². The Morgan fingerprint density at radius 3 is 2.90 bits per heavy atom. The number of rotatable bonds is 3.